The number of hydrogen-bond acceptors (Lipinski definition) is 1. The summed E-state index contributed by atoms with van der Waals surface area (Å²) >= 11 is 3.14. The fourth-order valence-electron chi connectivity index (χ4n) is 1.90. The van der Waals surface area contributed by atoms with Gasteiger partial charge in [-0.25, -0.2) is 4.39 Å². The maximum Gasteiger partial charge on any atom is 0.137 e. The average molecular weight is 308 g/mol. The summed E-state index contributed by atoms with van der Waals surface area (Å²) in [5.74, 6) is -0.283. The zero-order valence-corrected chi connectivity index (χ0v) is 11.7. The summed E-state index contributed by atoms with van der Waals surface area (Å²) in [5.41, 5.74) is 9.21. The summed E-state index contributed by atoms with van der Waals surface area (Å²) in [6, 6.07) is 12.8. The fraction of sp³-hybridized carbons (Fsp3) is 0.200. The molecule has 2 rings (SSSR count). The highest BCUT2D eigenvalue weighted by atomic mass is 79.9. The highest BCUT2D eigenvalue weighted by Crippen LogP contribution is 2.24. The molecule has 0 aliphatic rings. The second-order valence-corrected chi connectivity index (χ2v) is 5.10. The highest BCUT2D eigenvalue weighted by molar-refractivity contribution is 9.10. The Morgan fingerprint density at radius 1 is 1.17 bits per heavy atom. The van der Waals surface area contributed by atoms with Crippen LogP contribution in [0.25, 0.3) is 0 Å². The minimum Gasteiger partial charge on any atom is -0.320 e. The molecule has 0 saturated carbocycles. The summed E-state index contributed by atoms with van der Waals surface area (Å²) in [4.78, 5) is 0. The summed E-state index contributed by atoms with van der Waals surface area (Å²) in [6.07, 6.45) is 0.968. The number of rotatable bonds is 3. The zero-order chi connectivity index (χ0) is 13.1. The summed E-state index contributed by atoms with van der Waals surface area (Å²) in [5, 5.41) is 0. The molecule has 94 valence electrons. The van der Waals surface area contributed by atoms with E-state index < -0.39 is 0 Å². The quantitative estimate of drug-likeness (QED) is 0.903. The van der Waals surface area contributed by atoms with E-state index in [0.29, 0.717) is 4.47 Å². The Morgan fingerprint density at radius 2 is 1.89 bits per heavy atom. The van der Waals surface area contributed by atoms with Gasteiger partial charge in [-0.1, -0.05) is 37.3 Å². The van der Waals surface area contributed by atoms with Gasteiger partial charge in [-0.3, -0.25) is 0 Å². The van der Waals surface area contributed by atoms with Gasteiger partial charge < -0.3 is 5.73 Å². The van der Waals surface area contributed by atoms with Crippen LogP contribution in [0.2, 0.25) is 0 Å². The SMILES string of the molecule is CCc1cccc(C(N)c2ccc(Br)c(F)c2)c1. The summed E-state index contributed by atoms with van der Waals surface area (Å²) in [7, 11) is 0. The molecule has 0 aliphatic heterocycles. The van der Waals surface area contributed by atoms with Crippen molar-refractivity contribution in [2.75, 3.05) is 0 Å². The van der Waals surface area contributed by atoms with Crippen molar-refractivity contribution in [2.24, 2.45) is 5.73 Å². The zero-order valence-electron chi connectivity index (χ0n) is 10.2. The number of benzene rings is 2. The molecule has 1 nitrogen and oxygen atoms in total. The first-order valence-electron chi connectivity index (χ1n) is 5.91. The molecule has 0 spiro atoms. The Kier molecular flexibility index (Phi) is 4.15. The van der Waals surface area contributed by atoms with Crippen LogP contribution in [0.5, 0.6) is 0 Å². The van der Waals surface area contributed by atoms with Gasteiger partial charge in [0.25, 0.3) is 0 Å². The molecule has 18 heavy (non-hydrogen) atoms. The van der Waals surface area contributed by atoms with E-state index in [1.807, 2.05) is 18.2 Å². The van der Waals surface area contributed by atoms with Crippen LogP contribution in [0, 0.1) is 5.82 Å². The van der Waals surface area contributed by atoms with Crippen LogP contribution >= 0.6 is 15.9 Å². The molecule has 0 fully saturated rings. The summed E-state index contributed by atoms with van der Waals surface area (Å²) < 4.78 is 14.0. The largest absolute Gasteiger partial charge is 0.320 e. The van der Waals surface area contributed by atoms with Gasteiger partial charge in [0.1, 0.15) is 5.82 Å². The molecule has 0 bridgehead atoms. The molecule has 2 N–H and O–H groups in total. The normalized spacial score (nSPS) is 12.4. The van der Waals surface area contributed by atoms with Crippen LogP contribution in [0.15, 0.2) is 46.9 Å². The number of halogens is 2. The third kappa shape index (κ3) is 2.79. The number of hydrogen-bond donors (Lipinski definition) is 1. The predicted octanol–water partition coefficient (Wildman–Crippen LogP) is 4.20. The lowest BCUT2D eigenvalue weighted by molar-refractivity contribution is 0.617. The minimum absolute atomic E-state index is 0.283. The smallest absolute Gasteiger partial charge is 0.137 e. The average Bonchev–Trinajstić information content (AvgIpc) is 2.41. The van der Waals surface area contributed by atoms with Crippen LogP contribution in [0.1, 0.15) is 29.7 Å². The van der Waals surface area contributed by atoms with E-state index in [1.54, 1.807) is 6.07 Å². The Balaban J connectivity index is 2.34. The second kappa shape index (κ2) is 5.63. The standard InChI is InChI=1S/C15H15BrFN/c1-2-10-4-3-5-11(8-10)15(18)12-6-7-13(16)14(17)9-12/h3-9,15H,2,18H2,1H3. The Morgan fingerprint density at radius 3 is 2.56 bits per heavy atom. The molecule has 2 aromatic carbocycles. The van der Waals surface area contributed by atoms with Gasteiger partial charge in [0, 0.05) is 0 Å². The van der Waals surface area contributed by atoms with Crippen LogP contribution in [-0.2, 0) is 6.42 Å². The van der Waals surface area contributed by atoms with Gasteiger partial charge in [0.2, 0.25) is 0 Å². The molecular weight excluding hydrogens is 293 g/mol. The Hall–Kier alpha value is -1.19. The molecule has 0 heterocycles. The molecule has 0 aliphatic carbocycles. The van der Waals surface area contributed by atoms with Crippen LogP contribution in [-0.4, -0.2) is 0 Å². The van der Waals surface area contributed by atoms with Gasteiger partial charge in [-0.2, -0.15) is 0 Å². The third-order valence-corrected chi connectivity index (χ3v) is 3.66. The monoisotopic (exact) mass is 307 g/mol. The van der Waals surface area contributed by atoms with E-state index in [4.69, 9.17) is 5.73 Å². The van der Waals surface area contributed by atoms with Gasteiger partial charge >= 0.3 is 0 Å². The van der Waals surface area contributed by atoms with Gasteiger partial charge in [0.15, 0.2) is 0 Å². The lowest BCUT2D eigenvalue weighted by Gasteiger charge is -2.14. The van der Waals surface area contributed by atoms with Gasteiger partial charge in [-0.15, -0.1) is 0 Å². The van der Waals surface area contributed by atoms with Crippen molar-refractivity contribution in [1.82, 2.24) is 0 Å². The molecule has 0 radical (unpaired) electrons. The first kappa shape index (κ1) is 13.2. The van der Waals surface area contributed by atoms with E-state index >= 15 is 0 Å². The molecular formula is C15H15BrFN. The lowest BCUT2D eigenvalue weighted by atomic mass is 9.97. The molecule has 1 unspecified atom stereocenters. The van der Waals surface area contributed by atoms with Crippen LogP contribution in [0.3, 0.4) is 0 Å². The minimum atomic E-state index is -0.293. The maximum absolute atomic E-state index is 13.5. The molecule has 0 amide bonds. The van der Waals surface area contributed by atoms with Crippen molar-refractivity contribution in [1.29, 1.82) is 0 Å². The van der Waals surface area contributed by atoms with Crippen molar-refractivity contribution in [3.8, 4) is 0 Å². The van der Waals surface area contributed by atoms with E-state index in [0.717, 1.165) is 17.5 Å². The van der Waals surface area contributed by atoms with Gasteiger partial charge in [0.05, 0.1) is 10.5 Å². The molecule has 0 saturated heterocycles. The van der Waals surface area contributed by atoms with E-state index in [2.05, 4.69) is 35.0 Å². The topological polar surface area (TPSA) is 26.0 Å². The van der Waals surface area contributed by atoms with Crippen molar-refractivity contribution in [3.63, 3.8) is 0 Å². The van der Waals surface area contributed by atoms with Crippen molar-refractivity contribution < 1.29 is 4.39 Å². The Labute approximate surface area is 115 Å². The predicted molar refractivity (Wildman–Crippen MR) is 76.0 cm³/mol. The molecule has 0 aromatic heterocycles. The lowest BCUT2D eigenvalue weighted by Crippen LogP contribution is -2.12. The van der Waals surface area contributed by atoms with E-state index in [1.165, 1.54) is 11.6 Å². The third-order valence-electron chi connectivity index (χ3n) is 3.02. The molecule has 2 aromatic rings. The highest BCUT2D eigenvalue weighted by Gasteiger charge is 2.11. The summed E-state index contributed by atoms with van der Waals surface area (Å²) in [6.45, 7) is 2.10. The van der Waals surface area contributed by atoms with E-state index in [9.17, 15) is 4.39 Å². The van der Waals surface area contributed by atoms with Crippen molar-refractivity contribution >= 4 is 15.9 Å². The first-order chi connectivity index (χ1) is 8.61. The molecule has 3 heteroatoms. The number of aryl methyl sites for hydroxylation is 1. The molecule has 1 atom stereocenters. The fourth-order valence-corrected chi connectivity index (χ4v) is 2.15. The van der Waals surface area contributed by atoms with E-state index in [-0.39, 0.29) is 11.9 Å². The number of nitrogens with two attached hydrogens (primary N) is 1. The first-order valence-corrected chi connectivity index (χ1v) is 6.70. The Bertz CT molecular complexity index is 554. The second-order valence-electron chi connectivity index (χ2n) is 4.25. The van der Waals surface area contributed by atoms with Crippen molar-refractivity contribution in [2.45, 2.75) is 19.4 Å². The van der Waals surface area contributed by atoms with Gasteiger partial charge in [-0.05, 0) is 51.2 Å². The van der Waals surface area contributed by atoms with Crippen LogP contribution < -0.4 is 5.73 Å². The van der Waals surface area contributed by atoms with Crippen LogP contribution in [0.4, 0.5) is 4.39 Å². The van der Waals surface area contributed by atoms with Crippen molar-refractivity contribution in [3.05, 3.63) is 69.4 Å². The maximum atomic E-state index is 13.5.